The van der Waals surface area contributed by atoms with Gasteiger partial charge in [-0.2, -0.15) is 4.68 Å². The van der Waals surface area contributed by atoms with Gasteiger partial charge < -0.3 is 11.2 Å². The maximum atomic E-state index is 13.1. The van der Waals surface area contributed by atoms with Crippen LogP contribution >= 0.6 is 11.6 Å². The normalized spacial score (nSPS) is 10.5. The maximum Gasteiger partial charge on any atom is 0.341 e. The van der Waals surface area contributed by atoms with Crippen molar-refractivity contribution in [2.24, 2.45) is 5.73 Å². The monoisotopic (exact) mass is 361 g/mol. The molecule has 9 heteroatoms. The van der Waals surface area contributed by atoms with E-state index >= 15 is 0 Å². The van der Waals surface area contributed by atoms with E-state index in [9.17, 15) is 14.0 Å². The molecule has 0 spiro atoms. The van der Waals surface area contributed by atoms with Gasteiger partial charge in [-0.05, 0) is 42.5 Å². The number of H-pyrrole nitrogens is 1. The first kappa shape index (κ1) is 16.6. The zero-order chi connectivity index (χ0) is 18.0. The number of halogens is 2. The Morgan fingerprint density at radius 3 is 2.52 bits per heavy atom. The fraction of sp³-hybridized carbons (Fsp3) is 0. The molecule has 0 bridgehead atoms. The summed E-state index contributed by atoms with van der Waals surface area (Å²) in [5.41, 5.74) is 11.5. The topological polar surface area (TPSA) is 105 Å². The molecule has 0 aliphatic heterocycles. The minimum Gasteiger partial charge on any atom is -0.350 e. The predicted octanol–water partition coefficient (Wildman–Crippen LogP) is 3.00. The molecular formula is C16H13ClFN5O2. The molecule has 2 aromatic carbocycles. The number of nitrogens with one attached hydrogen (secondary N) is 3. The Labute approximate surface area is 146 Å². The van der Waals surface area contributed by atoms with Crippen LogP contribution in [0.3, 0.4) is 0 Å². The molecule has 0 unspecified atom stereocenters. The molecule has 3 rings (SSSR count). The Hall–Kier alpha value is -3.26. The first-order chi connectivity index (χ1) is 12.0. The summed E-state index contributed by atoms with van der Waals surface area (Å²) in [6.07, 6.45) is 0. The molecule has 1 amide bonds. The van der Waals surface area contributed by atoms with Crippen molar-refractivity contribution >= 4 is 29.0 Å². The highest BCUT2D eigenvalue weighted by molar-refractivity contribution is 6.30. The molecule has 25 heavy (non-hydrogen) atoms. The Balaban J connectivity index is 2.00. The molecule has 0 aliphatic rings. The van der Waals surface area contributed by atoms with Crippen LogP contribution in [0.2, 0.25) is 5.02 Å². The second-order valence-corrected chi connectivity index (χ2v) is 5.54. The Morgan fingerprint density at radius 1 is 1.16 bits per heavy atom. The van der Waals surface area contributed by atoms with Gasteiger partial charge in [0.05, 0.1) is 11.4 Å². The molecule has 0 atom stereocenters. The van der Waals surface area contributed by atoms with Gasteiger partial charge in [-0.15, -0.1) is 0 Å². The van der Waals surface area contributed by atoms with Gasteiger partial charge in [0.2, 0.25) is 0 Å². The first-order valence-electron chi connectivity index (χ1n) is 7.14. The van der Waals surface area contributed by atoms with Crippen molar-refractivity contribution in [1.82, 2.24) is 9.78 Å². The number of carbonyl (C=O) groups is 1. The van der Waals surface area contributed by atoms with Gasteiger partial charge in [0.25, 0.3) is 0 Å². The number of hydrogen-bond donors (Lipinski definition) is 4. The van der Waals surface area contributed by atoms with Crippen molar-refractivity contribution in [1.29, 1.82) is 0 Å². The van der Waals surface area contributed by atoms with Gasteiger partial charge in [0.15, 0.2) is 0 Å². The van der Waals surface area contributed by atoms with E-state index in [0.717, 1.165) is 0 Å². The third-order valence-corrected chi connectivity index (χ3v) is 3.64. The zero-order valence-electron chi connectivity index (χ0n) is 12.7. The number of primary amides is 1. The van der Waals surface area contributed by atoms with Crippen molar-refractivity contribution in [3.63, 3.8) is 0 Å². The van der Waals surface area contributed by atoms with Crippen LogP contribution in [0.5, 0.6) is 0 Å². The molecule has 0 radical (unpaired) electrons. The fourth-order valence-electron chi connectivity index (χ4n) is 2.23. The highest BCUT2D eigenvalue weighted by atomic mass is 35.5. The number of hydrazine groups is 1. The van der Waals surface area contributed by atoms with E-state index in [2.05, 4.69) is 16.0 Å². The minimum absolute atomic E-state index is 0.0467. The standard InChI is InChI=1S/C16H13ClFN5O2/c17-10-2-1-3-12(8-10)20-21-14-13(9-4-6-11(18)7-5-9)22-23(15(14)24)16(19)25/h1-8,20-22H,(H2,19,25). The number of aromatic nitrogens is 2. The van der Waals surface area contributed by atoms with Gasteiger partial charge in [-0.1, -0.05) is 17.7 Å². The van der Waals surface area contributed by atoms with Crippen LogP contribution in [-0.4, -0.2) is 15.8 Å². The molecule has 0 saturated heterocycles. The summed E-state index contributed by atoms with van der Waals surface area (Å²) < 4.78 is 13.8. The third-order valence-electron chi connectivity index (χ3n) is 3.40. The summed E-state index contributed by atoms with van der Waals surface area (Å²) in [5, 5.41) is 3.12. The number of rotatable bonds is 4. The lowest BCUT2D eigenvalue weighted by Crippen LogP contribution is -2.31. The van der Waals surface area contributed by atoms with E-state index in [-0.39, 0.29) is 11.4 Å². The smallest absolute Gasteiger partial charge is 0.341 e. The summed E-state index contributed by atoms with van der Waals surface area (Å²) in [4.78, 5) is 23.8. The van der Waals surface area contributed by atoms with Crippen molar-refractivity contribution in [2.75, 3.05) is 10.9 Å². The average molecular weight is 362 g/mol. The number of carbonyl (C=O) groups excluding carboxylic acids is 1. The first-order valence-corrected chi connectivity index (χ1v) is 7.52. The second-order valence-electron chi connectivity index (χ2n) is 5.11. The molecule has 3 aromatic rings. The van der Waals surface area contributed by atoms with Crippen LogP contribution in [-0.2, 0) is 0 Å². The van der Waals surface area contributed by atoms with Crippen molar-refractivity contribution in [3.05, 3.63) is 69.7 Å². The van der Waals surface area contributed by atoms with Crippen LogP contribution in [0.1, 0.15) is 0 Å². The maximum absolute atomic E-state index is 13.1. The van der Waals surface area contributed by atoms with Crippen LogP contribution in [0.15, 0.2) is 53.3 Å². The molecule has 0 aliphatic carbocycles. The van der Waals surface area contributed by atoms with Crippen molar-refractivity contribution < 1.29 is 9.18 Å². The van der Waals surface area contributed by atoms with Crippen LogP contribution in [0.4, 0.5) is 20.6 Å². The molecule has 5 N–H and O–H groups in total. The average Bonchev–Trinajstić information content (AvgIpc) is 2.91. The summed E-state index contributed by atoms with van der Waals surface area (Å²) in [7, 11) is 0. The van der Waals surface area contributed by atoms with E-state index < -0.39 is 17.4 Å². The highest BCUT2D eigenvalue weighted by Gasteiger charge is 2.18. The van der Waals surface area contributed by atoms with Crippen LogP contribution in [0.25, 0.3) is 11.3 Å². The van der Waals surface area contributed by atoms with Crippen LogP contribution in [0, 0.1) is 5.82 Å². The quantitative estimate of drug-likeness (QED) is 0.536. The molecule has 128 valence electrons. The number of amides is 1. The van der Waals surface area contributed by atoms with E-state index in [4.69, 9.17) is 17.3 Å². The summed E-state index contributed by atoms with van der Waals surface area (Å²) >= 11 is 5.91. The Kier molecular flexibility index (Phi) is 4.44. The van der Waals surface area contributed by atoms with Gasteiger partial charge in [-0.25, -0.2) is 9.18 Å². The lowest BCUT2D eigenvalue weighted by atomic mass is 10.1. The van der Waals surface area contributed by atoms with Gasteiger partial charge >= 0.3 is 11.6 Å². The van der Waals surface area contributed by atoms with E-state index in [1.54, 1.807) is 24.3 Å². The lowest BCUT2D eigenvalue weighted by Gasteiger charge is -2.09. The molecule has 0 fully saturated rings. The molecule has 7 nitrogen and oxygen atoms in total. The van der Waals surface area contributed by atoms with E-state index in [0.29, 0.717) is 21.0 Å². The number of anilines is 2. The largest absolute Gasteiger partial charge is 0.350 e. The molecule has 1 aromatic heterocycles. The third kappa shape index (κ3) is 3.48. The van der Waals surface area contributed by atoms with E-state index in [1.807, 2.05) is 0 Å². The number of nitrogens with zero attached hydrogens (tertiary/aromatic N) is 1. The summed E-state index contributed by atoms with van der Waals surface area (Å²) in [6, 6.07) is 11.3. The summed E-state index contributed by atoms with van der Waals surface area (Å²) in [5.74, 6) is -0.424. The Morgan fingerprint density at radius 2 is 1.88 bits per heavy atom. The molecule has 1 heterocycles. The fourth-order valence-corrected chi connectivity index (χ4v) is 2.42. The van der Waals surface area contributed by atoms with Crippen molar-refractivity contribution in [3.8, 4) is 11.3 Å². The number of benzene rings is 2. The van der Waals surface area contributed by atoms with Gasteiger partial charge in [0, 0.05) is 10.6 Å². The number of hydrogen-bond acceptors (Lipinski definition) is 4. The molecule has 0 saturated carbocycles. The SMILES string of the molecule is NC(=O)n1[nH]c(-c2ccc(F)cc2)c(NNc2cccc(Cl)c2)c1=O. The number of nitrogens with two attached hydrogens (primary N) is 1. The van der Waals surface area contributed by atoms with Crippen LogP contribution < -0.4 is 22.1 Å². The highest BCUT2D eigenvalue weighted by Crippen LogP contribution is 2.24. The van der Waals surface area contributed by atoms with Crippen molar-refractivity contribution in [2.45, 2.75) is 0 Å². The van der Waals surface area contributed by atoms with Gasteiger partial charge in [-0.3, -0.25) is 15.3 Å². The number of aromatic amines is 1. The zero-order valence-corrected chi connectivity index (χ0v) is 13.5. The van der Waals surface area contributed by atoms with Gasteiger partial charge in [0.1, 0.15) is 11.5 Å². The molecular weight excluding hydrogens is 349 g/mol. The minimum atomic E-state index is -0.968. The Bertz CT molecular complexity index is 981. The second kappa shape index (κ2) is 6.70. The predicted molar refractivity (Wildman–Crippen MR) is 94.1 cm³/mol. The lowest BCUT2D eigenvalue weighted by molar-refractivity contribution is 0.247. The van der Waals surface area contributed by atoms with E-state index in [1.165, 1.54) is 24.3 Å². The summed E-state index contributed by atoms with van der Waals surface area (Å²) in [6.45, 7) is 0.